The maximum atomic E-state index is 10.3. The molecule has 1 aromatic carbocycles. The molecule has 0 fully saturated rings. The van der Waals surface area contributed by atoms with Crippen molar-refractivity contribution in [3.8, 4) is 11.5 Å². The molecule has 0 aliphatic carbocycles. The molecular weight excluding hydrogens is 256 g/mol. The zero-order chi connectivity index (χ0) is 14.5. The molecule has 1 atom stereocenters. The molecule has 1 heterocycles. The summed E-state index contributed by atoms with van der Waals surface area (Å²) in [6.07, 6.45) is 2.90. The van der Waals surface area contributed by atoms with Crippen LogP contribution in [0.2, 0.25) is 0 Å². The second-order valence-corrected chi connectivity index (χ2v) is 4.41. The molecule has 106 valence electrons. The number of rotatable bonds is 5. The number of ether oxygens (including phenoxy) is 2. The third-order valence-electron chi connectivity index (χ3n) is 3.12. The Bertz CT molecular complexity index is 587. The van der Waals surface area contributed by atoms with Crippen LogP contribution in [0.25, 0.3) is 0 Å². The molecule has 0 saturated heterocycles. The molecule has 20 heavy (non-hydrogen) atoms. The topological polar surface area (TPSA) is 77.6 Å². The van der Waals surface area contributed by atoms with E-state index in [1.165, 1.54) is 0 Å². The van der Waals surface area contributed by atoms with Crippen LogP contribution >= 0.6 is 0 Å². The SMILES string of the molecule is COc1ccc(CC(O)c2cnccc2N)cc1OC. The summed E-state index contributed by atoms with van der Waals surface area (Å²) in [5.41, 5.74) is 7.92. The fraction of sp³-hybridized carbons (Fsp3) is 0.267. The molecule has 0 saturated carbocycles. The lowest BCUT2D eigenvalue weighted by atomic mass is 10.0. The largest absolute Gasteiger partial charge is 0.493 e. The van der Waals surface area contributed by atoms with Crippen LogP contribution in [0.5, 0.6) is 11.5 Å². The highest BCUT2D eigenvalue weighted by Gasteiger charge is 2.13. The summed E-state index contributed by atoms with van der Waals surface area (Å²) in [4.78, 5) is 3.98. The van der Waals surface area contributed by atoms with E-state index in [0.29, 0.717) is 29.2 Å². The number of methoxy groups -OCH3 is 2. The summed E-state index contributed by atoms with van der Waals surface area (Å²) in [6.45, 7) is 0. The van der Waals surface area contributed by atoms with E-state index in [4.69, 9.17) is 15.2 Å². The van der Waals surface area contributed by atoms with E-state index in [0.717, 1.165) is 5.56 Å². The Morgan fingerprint density at radius 1 is 1.20 bits per heavy atom. The standard InChI is InChI=1S/C15H18N2O3/c1-19-14-4-3-10(8-15(14)20-2)7-13(18)11-9-17-6-5-12(11)16/h3-6,8-9,13,18H,7H2,1-2H3,(H2,16,17). The second-order valence-electron chi connectivity index (χ2n) is 4.41. The highest BCUT2D eigenvalue weighted by Crippen LogP contribution is 2.30. The lowest BCUT2D eigenvalue weighted by Gasteiger charge is -2.14. The highest BCUT2D eigenvalue weighted by atomic mass is 16.5. The first kappa shape index (κ1) is 14.1. The van der Waals surface area contributed by atoms with Crippen LogP contribution in [0.1, 0.15) is 17.2 Å². The van der Waals surface area contributed by atoms with Gasteiger partial charge in [-0.2, -0.15) is 0 Å². The summed E-state index contributed by atoms with van der Waals surface area (Å²) in [7, 11) is 3.17. The third-order valence-corrected chi connectivity index (χ3v) is 3.12. The minimum atomic E-state index is -0.707. The molecule has 0 aliphatic heterocycles. The van der Waals surface area contributed by atoms with E-state index in [-0.39, 0.29) is 0 Å². The lowest BCUT2D eigenvalue weighted by Crippen LogP contribution is -2.06. The van der Waals surface area contributed by atoms with E-state index in [2.05, 4.69) is 4.98 Å². The molecule has 0 spiro atoms. The Morgan fingerprint density at radius 2 is 1.95 bits per heavy atom. The van der Waals surface area contributed by atoms with Crippen molar-refractivity contribution in [2.45, 2.75) is 12.5 Å². The summed E-state index contributed by atoms with van der Waals surface area (Å²) in [5, 5.41) is 10.3. The molecule has 1 unspecified atom stereocenters. The Kier molecular flexibility index (Phi) is 4.42. The van der Waals surface area contributed by atoms with Gasteiger partial charge in [0, 0.05) is 30.1 Å². The number of aromatic nitrogens is 1. The molecule has 5 nitrogen and oxygen atoms in total. The Morgan fingerprint density at radius 3 is 2.60 bits per heavy atom. The lowest BCUT2D eigenvalue weighted by molar-refractivity contribution is 0.178. The number of nitrogen functional groups attached to an aromatic ring is 1. The first-order valence-corrected chi connectivity index (χ1v) is 6.24. The minimum Gasteiger partial charge on any atom is -0.493 e. The van der Waals surface area contributed by atoms with Crippen molar-refractivity contribution in [3.63, 3.8) is 0 Å². The van der Waals surface area contributed by atoms with Gasteiger partial charge in [0.2, 0.25) is 0 Å². The number of nitrogens with two attached hydrogens (primary N) is 1. The van der Waals surface area contributed by atoms with Crippen LogP contribution < -0.4 is 15.2 Å². The van der Waals surface area contributed by atoms with Gasteiger partial charge in [0.15, 0.2) is 11.5 Å². The van der Waals surface area contributed by atoms with Gasteiger partial charge in [0.25, 0.3) is 0 Å². The van der Waals surface area contributed by atoms with Gasteiger partial charge in [0.1, 0.15) is 0 Å². The zero-order valence-corrected chi connectivity index (χ0v) is 11.5. The number of benzene rings is 1. The predicted molar refractivity (Wildman–Crippen MR) is 76.9 cm³/mol. The van der Waals surface area contributed by atoms with Crippen LogP contribution in [0.4, 0.5) is 5.69 Å². The molecule has 0 bridgehead atoms. The average Bonchev–Trinajstić information content (AvgIpc) is 2.47. The smallest absolute Gasteiger partial charge is 0.160 e. The van der Waals surface area contributed by atoms with Gasteiger partial charge < -0.3 is 20.3 Å². The Labute approximate surface area is 118 Å². The fourth-order valence-electron chi connectivity index (χ4n) is 2.04. The summed E-state index contributed by atoms with van der Waals surface area (Å²) in [5.74, 6) is 1.29. The molecule has 0 amide bonds. The predicted octanol–water partition coefficient (Wildman–Crippen LogP) is 1.96. The normalized spacial score (nSPS) is 11.9. The van der Waals surface area contributed by atoms with Crippen molar-refractivity contribution >= 4 is 5.69 Å². The van der Waals surface area contributed by atoms with Crippen LogP contribution in [0.3, 0.4) is 0 Å². The first-order chi connectivity index (χ1) is 9.65. The average molecular weight is 274 g/mol. The molecule has 3 N–H and O–H groups in total. The van der Waals surface area contributed by atoms with Crippen LogP contribution in [0, 0.1) is 0 Å². The van der Waals surface area contributed by atoms with Crippen LogP contribution in [-0.4, -0.2) is 24.3 Å². The summed E-state index contributed by atoms with van der Waals surface area (Å²) < 4.78 is 10.4. The quantitative estimate of drug-likeness (QED) is 0.871. The maximum Gasteiger partial charge on any atom is 0.160 e. The van der Waals surface area contributed by atoms with Gasteiger partial charge in [-0.1, -0.05) is 6.07 Å². The number of anilines is 1. The maximum absolute atomic E-state index is 10.3. The monoisotopic (exact) mass is 274 g/mol. The van der Waals surface area contributed by atoms with Crippen molar-refractivity contribution in [1.29, 1.82) is 0 Å². The van der Waals surface area contributed by atoms with E-state index < -0.39 is 6.10 Å². The number of aliphatic hydroxyl groups excluding tert-OH is 1. The Hall–Kier alpha value is -2.27. The minimum absolute atomic E-state index is 0.427. The van der Waals surface area contributed by atoms with Crippen molar-refractivity contribution in [2.24, 2.45) is 0 Å². The molecule has 5 heteroatoms. The van der Waals surface area contributed by atoms with Crippen LogP contribution in [-0.2, 0) is 6.42 Å². The molecule has 2 rings (SSSR count). The van der Waals surface area contributed by atoms with Crippen molar-refractivity contribution < 1.29 is 14.6 Å². The second kappa shape index (κ2) is 6.25. The van der Waals surface area contributed by atoms with Gasteiger partial charge in [0.05, 0.1) is 20.3 Å². The number of hydrogen-bond acceptors (Lipinski definition) is 5. The van der Waals surface area contributed by atoms with E-state index in [1.54, 1.807) is 32.7 Å². The number of pyridine rings is 1. The van der Waals surface area contributed by atoms with Gasteiger partial charge >= 0.3 is 0 Å². The molecule has 1 aromatic heterocycles. The molecule has 0 radical (unpaired) electrons. The molecule has 0 aliphatic rings. The number of nitrogens with zero attached hydrogens (tertiary/aromatic N) is 1. The van der Waals surface area contributed by atoms with E-state index in [9.17, 15) is 5.11 Å². The van der Waals surface area contributed by atoms with E-state index in [1.807, 2.05) is 18.2 Å². The summed E-state index contributed by atoms with van der Waals surface area (Å²) in [6, 6.07) is 7.21. The fourth-order valence-corrected chi connectivity index (χ4v) is 2.04. The highest BCUT2D eigenvalue weighted by molar-refractivity contribution is 5.47. The van der Waals surface area contributed by atoms with Gasteiger partial charge in [-0.05, 0) is 23.8 Å². The van der Waals surface area contributed by atoms with E-state index >= 15 is 0 Å². The van der Waals surface area contributed by atoms with Crippen molar-refractivity contribution in [2.75, 3.05) is 20.0 Å². The van der Waals surface area contributed by atoms with Gasteiger partial charge in [-0.3, -0.25) is 4.98 Å². The molecule has 2 aromatic rings. The Balaban J connectivity index is 2.20. The zero-order valence-electron chi connectivity index (χ0n) is 11.5. The summed E-state index contributed by atoms with van der Waals surface area (Å²) >= 11 is 0. The number of aliphatic hydroxyl groups is 1. The first-order valence-electron chi connectivity index (χ1n) is 6.24. The van der Waals surface area contributed by atoms with Crippen molar-refractivity contribution in [3.05, 3.63) is 47.8 Å². The third kappa shape index (κ3) is 3.00. The van der Waals surface area contributed by atoms with Crippen LogP contribution in [0.15, 0.2) is 36.7 Å². The van der Waals surface area contributed by atoms with Gasteiger partial charge in [-0.15, -0.1) is 0 Å². The molecular formula is C15H18N2O3. The number of hydrogen-bond donors (Lipinski definition) is 2. The van der Waals surface area contributed by atoms with Gasteiger partial charge in [-0.25, -0.2) is 0 Å². The van der Waals surface area contributed by atoms with Crippen molar-refractivity contribution in [1.82, 2.24) is 4.98 Å².